The number of esters is 2. The molecule has 0 N–H and O–H groups in total. The quantitative estimate of drug-likeness (QED) is 0.522. The Balaban J connectivity index is 2.02. The van der Waals surface area contributed by atoms with E-state index in [-0.39, 0.29) is 17.1 Å². The van der Waals surface area contributed by atoms with Gasteiger partial charge in [0.1, 0.15) is 5.75 Å². The number of hydrogen-bond acceptors (Lipinski definition) is 6. The molecule has 2 aromatic rings. The van der Waals surface area contributed by atoms with Gasteiger partial charge < -0.3 is 14.2 Å². The summed E-state index contributed by atoms with van der Waals surface area (Å²) < 4.78 is 15.1. The Labute approximate surface area is 180 Å². The number of anilines is 1. The molecule has 2 aromatic carbocycles. The highest BCUT2D eigenvalue weighted by Gasteiger charge is 2.37. The maximum atomic E-state index is 13.3. The van der Waals surface area contributed by atoms with Crippen molar-refractivity contribution in [1.29, 1.82) is 0 Å². The van der Waals surface area contributed by atoms with Crippen molar-refractivity contribution in [2.24, 2.45) is 0 Å². The molecule has 3 rings (SSSR count). The van der Waals surface area contributed by atoms with Crippen molar-refractivity contribution >= 4 is 29.6 Å². The van der Waals surface area contributed by atoms with Gasteiger partial charge in [0.2, 0.25) is 0 Å². The molecule has 0 aliphatic carbocycles. The molecule has 1 heterocycles. The summed E-state index contributed by atoms with van der Waals surface area (Å²) in [4.78, 5) is 38.9. The first-order valence-corrected chi connectivity index (χ1v) is 9.68. The van der Waals surface area contributed by atoms with E-state index in [2.05, 4.69) is 0 Å². The maximum Gasteiger partial charge on any atom is 0.340 e. The number of amides is 1. The molecule has 0 atom stereocenters. The fourth-order valence-corrected chi connectivity index (χ4v) is 3.35. The molecule has 7 nitrogen and oxygen atoms in total. The Kier molecular flexibility index (Phi) is 6.55. The molecule has 0 saturated carbocycles. The number of allylic oxidation sites excluding steroid dienone is 1. The Bertz CT molecular complexity index is 1060. The van der Waals surface area contributed by atoms with E-state index in [0.29, 0.717) is 23.6 Å². The molecule has 0 saturated heterocycles. The van der Waals surface area contributed by atoms with Gasteiger partial charge in [-0.2, -0.15) is 0 Å². The summed E-state index contributed by atoms with van der Waals surface area (Å²) in [6.07, 6.45) is 1.65. The molecular weight excluding hydrogens is 398 g/mol. The van der Waals surface area contributed by atoms with E-state index in [1.165, 1.54) is 19.1 Å². The molecular formula is C24H23NO6. The number of carbonyl (C=O) groups excluding carboxylic acids is 3. The Morgan fingerprint density at radius 1 is 0.935 bits per heavy atom. The van der Waals surface area contributed by atoms with Gasteiger partial charge in [-0.25, -0.2) is 9.59 Å². The summed E-state index contributed by atoms with van der Waals surface area (Å²) in [6.45, 7) is 4.13. The third kappa shape index (κ3) is 4.35. The van der Waals surface area contributed by atoms with Crippen molar-refractivity contribution in [3.63, 3.8) is 0 Å². The van der Waals surface area contributed by atoms with Gasteiger partial charge in [-0.15, -0.1) is 0 Å². The van der Waals surface area contributed by atoms with Gasteiger partial charge in [-0.1, -0.05) is 12.1 Å². The van der Waals surface area contributed by atoms with E-state index in [1.54, 1.807) is 49.4 Å². The lowest BCUT2D eigenvalue weighted by atomic mass is 10.0. The molecule has 1 aliphatic heterocycles. The minimum atomic E-state index is -0.600. The van der Waals surface area contributed by atoms with Crippen LogP contribution in [-0.4, -0.2) is 38.7 Å². The second-order valence-corrected chi connectivity index (χ2v) is 6.69. The van der Waals surface area contributed by atoms with Crippen molar-refractivity contribution in [2.45, 2.75) is 13.8 Å². The predicted molar refractivity (Wildman–Crippen MR) is 116 cm³/mol. The number of methoxy groups -OCH3 is 2. The molecule has 0 spiro atoms. The smallest absolute Gasteiger partial charge is 0.340 e. The van der Waals surface area contributed by atoms with Crippen LogP contribution in [0, 0.1) is 0 Å². The van der Waals surface area contributed by atoms with Gasteiger partial charge >= 0.3 is 11.9 Å². The van der Waals surface area contributed by atoms with Crippen LogP contribution in [0.4, 0.5) is 5.69 Å². The monoisotopic (exact) mass is 421 g/mol. The second kappa shape index (κ2) is 9.30. The molecule has 160 valence electrons. The van der Waals surface area contributed by atoms with E-state index >= 15 is 0 Å². The molecule has 0 unspecified atom stereocenters. The Morgan fingerprint density at radius 2 is 1.55 bits per heavy atom. The average molecular weight is 421 g/mol. The molecule has 0 bridgehead atoms. The summed E-state index contributed by atoms with van der Waals surface area (Å²) in [5.74, 6) is -0.721. The predicted octanol–water partition coefficient (Wildman–Crippen LogP) is 3.75. The van der Waals surface area contributed by atoms with E-state index < -0.39 is 11.9 Å². The lowest BCUT2D eigenvalue weighted by Gasteiger charge is -2.18. The van der Waals surface area contributed by atoms with E-state index in [1.807, 2.05) is 19.1 Å². The lowest BCUT2D eigenvalue weighted by Crippen LogP contribution is -2.24. The van der Waals surface area contributed by atoms with Crippen LogP contribution < -0.4 is 9.64 Å². The van der Waals surface area contributed by atoms with E-state index in [4.69, 9.17) is 14.2 Å². The van der Waals surface area contributed by atoms with Gasteiger partial charge in [0.15, 0.2) is 0 Å². The van der Waals surface area contributed by atoms with Crippen LogP contribution >= 0.6 is 0 Å². The van der Waals surface area contributed by atoms with Crippen LogP contribution in [0.25, 0.3) is 6.08 Å². The SMILES string of the molecule is CCOc1ccc(/C=C2\C(=O)N(c3ccc(C(=O)OC)cc3)C(C)=C2C(=O)OC)cc1. The second-order valence-electron chi connectivity index (χ2n) is 6.69. The summed E-state index contributed by atoms with van der Waals surface area (Å²) in [6, 6.07) is 13.6. The Morgan fingerprint density at radius 3 is 2.10 bits per heavy atom. The normalized spacial score (nSPS) is 14.8. The molecule has 1 aliphatic rings. The zero-order valence-electron chi connectivity index (χ0n) is 17.8. The average Bonchev–Trinajstić information content (AvgIpc) is 3.03. The van der Waals surface area contributed by atoms with Gasteiger partial charge in [0.25, 0.3) is 5.91 Å². The third-order valence-electron chi connectivity index (χ3n) is 4.84. The number of benzene rings is 2. The van der Waals surface area contributed by atoms with Crippen molar-refractivity contribution in [3.8, 4) is 5.75 Å². The zero-order valence-corrected chi connectivity index (χ0v) is 17.8. The first-order chi connectivity index (χ1) is 14.9. The van der Waals surface area contributed by atoms with E-state index in [9.17, 15) is 14.4 Å². The van der Waals surface area contributed by atoms with Crippen molar-refractivity contribution in [2.75, 3.05) is 25.7 Å². The van der Waals surface area contributed by atoms with Crippen LogP contribution in [-0.2, 0) is 19.1 Å². The van der Waals surface area contributed by atoms with E-state index in [0.717, 1.165) is 11.3 Å². The van der Waals surface area contributed by atoms with Crippen LogP contribution in [0.15, 0.2) is 65.4 Å². The Hall–Kier alpha value is -3.87. The van der Waals surface area contributed by atoms with Gasteiger partial charge in [0.05, 0.1) is 37.5 Å². The third-order valence-corrected chi connectivity index (χ3v) is 4.84. The zero-order chi connectivity index (χ0) is 22.5. The lowest BCUT2D eigenvalue weighted by molar-refractivity contribution is -0.136. The maximum absolute atomic E-state index is 13.3. The first kappa shape index (κ1) is 21.8. The number of hydrogen-bond donors (Lipinski definition) is 0. The summed E-state index contributed by atoms with van der Waals surface area (Å²) in [5, 5.41) is 0. The van der Waals surface area contributed by atoms with Crippen molar-refractivity contribution in [3.05, 3.63) is 76.5 Å². The fraction of sp³-hybridized carbons (Fsp3) is 0.208. The molecule has 31 heavy (non-hydrogen) atoms. The summed E-state index contributed by atoms with van der Waals surface area (Å²) >= 11 is 0. The van der Waals surface area contributed by atoms with Gasteiger partial charge in [-0.05, 0) is 61.9 Å². The van der Waals surface area contributed by atoms with Gasteiger partial charge in [0, 0.05) is 11.4 Å². The van der Waals surface area contributed by atoms with Crippen LogP contribution in [0.3, 0.4) is 0 Å². The van der Waals surface area contributed by atoms with Crippen molar-refractivity contribution < 1.29 is 28.6 Å². The molecule has 0 radical (unpaired) electrons. The molecule has 7 heteroatoms. The minimum Gasteiger partial charge on any atom is -0.494 e. The minimum absolute atomic E-state index is 0.193. The highest BCUT2D eigenvalue weighted by molar-refractivity contribution is 6.23. The highest BCUT2D eigenvalue weighted by atomic mass is 16.5. The van der Waals surface area contributed by atoms with Crippen LogP contribution in [0.5, 0.6) is 5.75 Å². The van der Waals surface area contributed by atoms with Crippen LogP contribution in [0.2, 0.25) is 0 Å². The standard InChI is InChI=1S/C24H23NO6/c1-5-31-19-12-6-16(7-13-19)14-20-21(24(28)30-4)15(2)25(22(20)26)18-10-8-17(9-11-18)23(27)29-3/h6-14H,5H2,1-4H3/b20-14-. The molecule has 0 fully saturated rings. The summed E-state index contributed by atoms with van der Waals surface area (Å²) in [5.41, 5.74) is 2.48. The molecule has 0 aromatic heterocycles. The topological polar surface area (TPSA) is 82.1 Å². The number of ether oxygens (including phenoxy) is 3. The van der Waals surface area contributed by atoms with Gasteiger partial charge in [-0.3, -0.25) is 9.69 Å². The fourth-order valence-electron chi connectivity index (χ4n) is 3.35. The molecule has 1 amide bonds. The highest BCUT2D eigenvalue weighted by Crippen LogP contribution is 2.35. The van der Waals surface area contributed by atoms with Crippen molar-refractivity contribution in [1.82, 2.24) is 0 Å². The number of nitrogens with zero attached hydrogens (tertiary/aromatic N) is 1. The summed E-state index contributed by atoms with van der Waals surface area (Å²) in [7, 11) is 2.57. The first-order valence-electron chi connectivity index (χ1n) is 9.68. The number of carbonyl (C=O) groups is 3. The van der Waals surface area contributed by atoms with Crippen LogP contribution in [0.1, 0.15) is 29.8 Å². The number of rotatable bonds is 6. The largest absolute Gasteiger partial charge is 0.494 e.